The van der Waals surface area contributed by atoms with E-state index in [1.807, 2.05) is 30.3 Å². The van der Waals surface area contributed by atoms with Gasteiger partial charge in [-0.25, -0.2) is 10.3 Å². The number of rotatable bonds is 8. The summed E-state index contributed by atoms with van der Waals surface area (Å²) in [6.45, 7) is 0. The molecule has 0 heterocycles. The van der Waals surface area contributed by atoms with E-state index in [4.69, 9.17) is 19.0 Å². The van der Waals surface area contributed by atoms with Gasteiger partial charge in [-0.05, 0) is 59.3 Å². The summed E-state index contributed by atoms with van der Waals surface area (Å²) < 4.78 is 15.8. The first kappa shape index (κ1) is 24.2. The van der Waals surface area contributed by atoms with E-state index in [0.29, 0.717) is 34.2 Å². The molecule has 0 bridgehead atoms. The lowest BCUT2D eigenvalue weighted by Gasteiger charge is -2.14. The van der Waals surface area contributed by atoms with Crippen molar-refractivity contribution in [1.82, 2.24) is 0 Å². The summed E-state index contributed by atoms with van der Waals surface area (Å²) in [5, 5.41) is 9.80. The van der Waals surface area contributed by atoms with Crippen molar-refractivity contribution < 1.29 is 28.6 Å². The molecule has 1 amide bonds. The van der Waals surface area contributed by atoms with Crippen LogP contribution in [0.15, 0.2) is 89.1 Å². The van der Waals surface area contributed by atoms with Crippen LogP contribution in [0.1, 0.15) is 20.7 Å². The fourth-order valence-corrected chi connectivity index (χ4v) is 3.44. The first-order valence-corrected chi connectivity index (χ1v) is 10.8. The SMILES string of the molecule is COc1cc(C(=O)ONc2ccc(N=NC(=O)c3ccc4ccccc4c3)cc2)cc(OC)c1OC. The molecule has 4 aromatic carbocycles. The van der Waals surface area contributed by atoms with Crippen LogP contribution in [0, 0.1) is 0 Å². The number of azo groups is 1. The van der Waals surface area contributed by atoms with E-state index in [-0.39, 0.29) is 5.56 Å². The Hall–Kier alpha value is -4.92. The van der Waals surface area contributed by atoms with Gasteiger partial charge < -0.3 is 19.0 Å². The number of hydrogen-bond acceptors (Lipinski definition) is 8. The Bertz CT molecular complexity index is 1410. The number of anilines is 1. The quantitative estimate of drug-likeness (QED) is 0.242. The van der Waals surface area contributed by atoms with Crippen LogP contribution in [0.3, 0.4) is 0 Å². The second-order valence-electron chi connectivity index (χ2n) is 7.52. The Morgan fingerprint density at radius 3 is 2.03 bits per heavy atom. The van der Waals surface area contributed by atoms with Crippen molar-refractivity contribution in [3.05, 3.63) is 90.0 Å². The van der Waals surface area contributed by atoms with E-state index < -0.39 is 11.9 Å². The van der Waals surface area contributed by atoms with Crippen LogP contribution in [0.5, 0.6) is 17.2 Å². The number of amides is 1. The molecule has 0 aliphatic heterocycles. The maximum atomic E-state index is 12.5. The molecule has 1 N–H and O–H groups in total. The van der Waals surface area contributed by atoms with Crippen molar-refractivity contribution in [3.8, 4) is 17.2 Å². The summed E-state index contributed by atoms with van der Waals surface area (Å²) in [4.78, 5) is 30.1. The molecule has 0 aliphatic rings. The maximum Gasteiger partial charge on any atom is 0.363 e. The Morgan fingerprint density at radius 2 is 1.39 bits per heavy atom. The fourth-order valence-electron chi connectivity index (χ4n) is 3.44. The summed E-state index contributed by atoms with van der Waals surface area (Å²) >= 11 is 0. The molecule has 4 rings (SSSR count). The number of hydrogen-bond donors (Lipinski definition) is 1. The second-order valence-corrected chi connectivity index (χ2v) is 7.52. The summed E-state index contributed by atoms with van der Waals surface area (Å²) in [7, 11) is 4.39. The molecule has 0 unspecified atom stereocenters. The van der Waals surface area contributed by atoms with Gasteiger partial charge in [-0.15, -0.1) is 10.2 Å². The lowest BCUT2D eigenvalue weighted by molar-refractivity contribution is 0.0595. The lowest BCUT2D eigenvalue weighted by atomic mass is 10.1. The van der Waals surface area contributed by atoms with E-state index in [1.165, 1.54) is 33.5 Å². The molecule has 0 radical (unpaired) electrons. The standard InChI is InChI=1S/C27H23N3O6/c1-33-23-15-20(16-24(34-2)25(23)35-3)27(32)36-30-22-12-10-21(11-13-22)28-29-26(31)19-9-8-17-6-4-5-7-18(17)14-19/h4-16,30H,1-3H3. The molecular weight excluding hydrogens is 462 g/mol. The minimum absolute atomic E-state index is 0.203. The number of methoxy groups -OCH3 is 3. The molecule has 0 aliphatic carbocycles. The van der Waals surface area contributed by atoms with Gasteiger partial charge in [-0.1, -0.05) is 30.3 Å². The van der Waals surface area contributed by atoms with Crippen LogP contribution >= 0.6 is 0 Å². The minimum Gasteiger partial charge on any atom is -0.493 e. The van der Waals surface area contributed by atoms with E-state index in [2.05, 4.69) is 15.7 Å². The van der Waals surface area contributed by atoms with Gasteiger partial charge in [0, 0.05) is 5.56 Å². The third kappa shape index (κ3) is 5.41. The van der Waals surface area contributed by atoms with Crippen molar-refractivity contribution in [2.75, 3.05) is 26.8 Å². The molecule has 182 valence electrons. The molecule has 0 aromatic heterocycles. The first-order chi connectivity index (χ1) is 17.5. The van der Waals surface area contributed by atoms with Gasteiger partial charge in [0.05, 0.1) is 38.3 Å². The second kappa shape index (κ2) is 11.0. The largest absolute Gasteiger partial charge is 0.493 e. The Balaban J connectivity index is 1.38. The molecule has 0 atom stereocenters. The predicted octanol–water partition coefficient (Wildman–Crippen LogP) is 5.97. The number of carbonyl (C=O) groups excluding carboxylic acids is 2. The smallest absolute Gasteiger partial charge is 0.363 e. The molecule has 36 heavy (non-hydrogen) atoms. The van der Waals surface area contributed by atoms with Crippen molar-refractivity contribution in [2.24, 2.45) is 10.2 Å². The topological polar surface area (TPSA) is 108 Å². The Morgan fingerprint density at radius 1 is 0.722 bits per heavy atom. The highest BCUT2D eigenvalue weighted by Crippen LogP contribution is 2.38. The van der Waals surface area contributed by atoms with Gasteiger partial charge in [0.2, 0.25) is 5.75 Å². The number of nitrogens with one attached hydrogen (secondary N) is 1. The zero-order chi connectivity index (χ0) is 25.5. The third-order valence-corrected chi connectivity index (χ3v) is 5.28. The minimum atomic E-state index is -0.654. The maximum absolute atomic E-state index is 12.5. The van der Waals surface area contributed by atoms with Crippen LogP contribution in [-0.2, 0) is 4.84 Å². The van der Waals surface area contributed by atoms with Gasteiger partial charge in [0.1, 0.15) is 0 Å². The van der Waals surface area contributed by atoms with Crippen LogP contribution in [0.25, 0.3) is 10.8 Å². The van der Waals surface area contributed by atoms with Crippen LogP contribution in [0.4, 0.5) is 11.4 Å². The van der Waals surface area contributed by atoms with Crippen LogP contribution in [0.2, 0.25) is 0 Å². The number of nitrogens with zero attached hydrogens (tertiary/aromatic N) is 2. The normalized spacial score (nSPS) is 10.8. The first-order valence-electron chi connectivity index (χ1n) is 10.8. The summed E-state index contributed by atoms with van der Waals surface area (Å²) in [5.74, 6) is -0.0666. The lowest BCUT2D eigenvalue weighted by Crippen LogP contribution is -2.11. The van der Waals surface area contributed by atoms with Crippen molar-refractivity contribution in [1.29, 1.82) is 0 Å². The number of carbonyl (C=O) groups is 2. The average Bonchev–Trinajstić information content (AvgIpc) is 2.93. The number of benzene rings is 4. The van der Waals surface area contributed by atoms with Gasteiger partial charge in [0.25, 0.3) is 5.91 Å². The number of fused-ring (bicyclic) bond motifs is 1. The molecule has 9 nitrogen and oxygen atoms in total. The molecule has 0 spiro atoms. The van der Waals surface area contributed by atoms with Crippen molar-refractivity contribution >= 4 is 34.0 Å². The molecule has 0 saturated heterocycles. The molecule has 0 fully saturated rings. The van der Waals surface area contributed by atoms with Gasteiger partial charge in [-0.3, -0.25) is 4.79 Å². The van der Waals surface area contributed by atoms with Crippen molar-refractivity contribution in [2.45, 2.75) is 0 Å². The van der Waals surface area contributed by atoms with Gasteiger partial charge in [0.15, 0.2) is 11.5 Å². The monoisotopic (exact) mass is 485 g/mol. The fraction of sp³-hybridized carbons (Fsp3) is 0.111. The zero-order valence-corrected chi connectivity index (χ0v) is 19.8. The summed E-state index contributed by atoms with van der Waals surface area (Å²) in [6.07, 6.45) is 0. The van der Waals surface area contributed by atoms with E-state index in [1.54, 1.807) is 36.4 Å². The predicted molar refractivity (Wildman–Crippen MR) is 134 cm³/mol. The number of ether oxygens (including phenoxy) is 3. The average molecular weight is 485 g/mol. The van der Waals surface area contributed by atoms with E-state index in [9.17, 15) is 9.59 Å². The summed E-state index contributed by atoms with van der Waals surface area (Å²) in [5.41, 5.74) is 4.20. The van der Waals surface area contributed by atoms with Crippen LogP contribution < -0.4 is 19.7 Å². The van der Waals surface area contributed by atoms with Gasteiger partial charge in [-0.2, -0.15) is 0 Å². The molecule has 0 saturated carbocycles. The van der Waals surface area contributed by atoms with Crippen molar-refractivity contribution in [3.63, 3.8) is 0 Å². The highest BCUT2D eigenvalue weighted by atomic mass is 16.7. The third-order valence-electron chi connectivity index (χ3n) is 5.28. The molecule has 9 heteroatoms. The Labute approximate surface area is 207 Å². The van der Waals surface area contributed by atoms with E-state index >= 15 is 0 Å². The molecular formula is C27H23N3O6. The zero-order valence-electron chi connectivity index (χ0n) is 19.8. The Kier molecular flexibility index (Phi) is 7.40. The molecule has 4 aromatic rings. The highest BCUT2D eigenvalue weighted by molar-refractivity contribution is 5.99. The highest BCUT2D eigenvalue weighted by Gasteiger charge is 2.18. The van der Waals surface area contributed by atoms with Crippen LogP contribution in [-0.4, -0.2) is 33.2 Å². The van der Waals surface area contributed by atoms with Gasteiger partial charge >= 0.3 is 5.97 Å². The summed E-state index contributed by atoms with van der Waals surface area (Å²) in [6, 6.07) is 22.7. The van der Waals surface area contributed by atoms with E-state index in [0.717, 1.165) is 10.8 Å².